The molecular weight excluding hydrogens is 148 g/mol. The third-order valence-electron chi connectivity index (χ3n) is 3.36. The summed E-state index contributed by atoms with van der Waals surface area (Å²) in [5, 5.41) is 7.07. The van der Waals surface area contributed by atoms with Gasteiger partial charge in [0.25, 0.3) is 0 Å². The second-order valence-electron chi connectivity index (χ2n) is 4.65. The molecule has 2 aliphatic rings. The van der Waals surface area contributed by atoms with Crippen LogP contribution in [0.5, 0.6) is 0 Å². The molecule has 0 aromatic heterocycles. The van der Waals surface area contributed by atoms with E-state index >= 15 is 0 Å². The first-order chi connectivity index (χ1) is 5.79. The minimum absolute atomic E-state index is 0.469. The highest BCUT2D eigenvalue weighted by Gasteiger charge is 2.31. The summed E-state index contributed by atoms with van der Waals surface area (Å²) in [6.45, 7) is 6.10. The molecule has 2 N–H and O–H groups in total. The molecule has 0 aromatic carbocycles. The highest BCUT2D eigenvalue weighted by molar-refractivity contribution is 4.91. The molecule has 0 saturated carbocycles. The van der Waals surface area contributed by atoms with E-state index in [1.165, 1.54) is 45.3 Å². The lowest BCUT2D eigenvalue weighted by Gasteiger charge is -2.27. The lowest BCUT2D eigenvalue weighted by molar-refractivity contribution is 0.319. The first kappa shape index (κ1) is 8.52. The molecule has 2 heteroatoms. The Labute approximate surface area is 75.1 Å². The summed E-state index contributed by atoms with van der Waals surface area (Å²) in [4.78, 5) is 0. The second-order valence-corrected chi connectivity index (χ2v) is 4.65. The van der Waals surface area contributed by atoms with Gasteiger partial charge in [-0.2, -0.15) is 0 Å². The summed E-state index contributed by atoms with van der Waals surface area (Å²) in [6.07, 6.45) is 5.51. The van der Waals surface area contributed by atoms with E-state index in [-0.39, 0.29) is 0 Å². The SMILES string of the molecule is CC1(CC2CCNC2)CCCN1. The molecule has 2 nitrogen and oxygen atoms in total. The minimum Gasteiger partial charge on any atom is -0.316 e. The van der Waals surface area contributed by atoms with Crippen molar-refractivity contribution in [3.8, 4) is 0 Å². The van der Waals surface area contributed by atoms with E-state index in [9.17, 15) is 0 Å². The minimum atomic E-state index is 0.469. The van der Waals surface area contributed by atoms with Crippen LogP contribution in [0.2, 0.25) is 0 Å². The molecule has 0 spiro atoms. The van der Waals surface area contributed by atoms with Crippen molar-refractivity contribution in [2.45, 2.75) is 38.1 Å². The predicted molar refractivity (Wildman–Crippen MR) is 51.2 cm³/mol. The van der Waals surface area contributed by atoms with Crippen LogP contribution in [0, 0.1) is 5.92 Å². The molecule has 2 saturated heterocycles. The van der Waals surface area contributed by atoms with Gasteiger partial charge in [-0.25, -0.2) is 0 Å². The molecule has 2 unspecified atom stereocenters. The van der Waals surface area contributed by atoms with Crippen LogP contribution in [0.1, 0.15) is 32.6 Å². The molecule has 0 aliphatic carbocycles. The first-order valence-electron chi connectivity index (χ1n) is 5.24. The van der Waals surface area contributed by atoms with Crippen molar-refractivity contribution in [2.75, 3.05) is 19.6 Å². The Morgan fingerprint density at radius 2 is 2.33 bits per heavy atom. The van der Waals surface area contributed by atoms with Crippen molar-refractivity contribution >= 4 is 0 Å². The van der Waals surface area contributed by atoms with E-state index in [1.54, 1.807) is 0 Å². The fourth-order valence-electron chi connectivity index (χ4n) is 2.66. The number of hydrogen-bond acceptors (Lipinski definition) is 2. The van der Waals surface area contributed by atoms with Gasteiger partial charge in [0, 0.05) is 5.54 Å². The van der Waals surface area contributed by atoms with Crippen LogP contribution >= 0.6 is 0 Å². The van der Waals surface area contributed by atoms with Crippen LogP contribution in [0.3, 0.4) is 0 Å². The normalized spacial score (nSPS) is 42.2. The van der Waals surface area contributed by atoms with E-state index in [0.29, 0.717) is 5.54 Å². The van der Waals surface area contributed by atoms with E-state index in [4.69, 9.17) is 0 Å². The third kappa shape index (κ3) is 1.80. The summed E-state index contributed by atoms with van der Waals surface area (Å²) in [6, 6.07) is 0. The van der Waals surface area contributed by atoms with Crippen LogP contribution in [0.4, 0.5) is 0 Å². The van der Waals surface area contributed by atoms with Gasteiger partial charge >= 0.3 is 0 Å². The molecule has 0 amide bonds. The van der Waals surface area contributed by atoms with Gasteiger partial charge in [0.15, 0.2) is 0 Å². The average molecular weight is 168 g/mol. The van der Waals surface area contributed by atoms with Crippen LogP contribution in [-0.2, 0) is 0 Å². The fourth-order valence-corrected chi connectivity index (χ4v) is 2.66. The van der Waals surface area contributed by atoms with Crippen molar-refractivity contribution in [3.63, 3.8) is 0 Å². The van der Waals surface area contributed by atoms with E-state index in [1.807, 2.05) is 0 Å². The molecule has 12 heavy (non-hydrogen) atoms. The van der Waals surface area contributed by atoms with Gasteiger partial charge in [0.1, 0.15) is 0 Å². The van der Waals surface area contributed by atoms with Gasteiger partial charge in [-0.3, -0.25) is 0 Å². The number of hydrogen-bond donors (Lipinski definition) is 2. The maximum absolute atomic E-state index is 3.63. The summed E-state index contributed by atoms with van der Waals surface area (Å²) in [7, 11) is 0. The Morgan fingerprint density at radius 1 is 1.42 bits per heavy atom. The smallest absolute Gasteiger partial charge is 0.0156 e. The molecule has 2 aliphatic heterocycles. The largest absolute Gasteiger partial charge is 0.316 e. The standard InChI is InChI=1S/C10H20N2/c1-10(4-2-5-12-10)7-9-3-6-11-8-9/h9,11-12H,2-8H2,1H3. The topological polar surface area (TPSA) is 24.1 Å². The van der Waals surface area contributed by atoms with Gasteiger partial charge in [-0.05, 0) is 58.2 Å². The Bertz CT molecular complexity index is 144. The van der Waals surface area contributed by atoms with Crippen LogP contribution in [-0.4, -0.2) is 25.2 Å². The molecule has 2 heterocycles. The molecular formula is C10H20N2. The molecule has 2 fully saturated rings. The van der Waals surface area contributed by atoms with E-state index in [0.717, 1.165) is 5.92 Å². The van der Waals surface area contributed by atoms with Crippen LogP contribution < -0.4 is 10.6 Å². The zero-order valence-electron chi connectivity index (χ0n) is 8.03. The van der Waals surface area contributed by atoms with Gasteiger partial charge in [0.2, 0.25) is 0 Å². The lowest BCUT2D eigenvalue weighted by atomic mass is 9.87. The first-order valence-corrected chi connectivity index (χ1v) is 5.24. The summed E-state index contributed by atoms with van der Waals surface area (Å²) in [5.74, 6) is 0.931. The molecule has 2 atom stereocenters. The Hall–Kier alpha value is -0.0800. The highest BCUT2D eigenvalue weighted by atomic mass is 15.0. The van der Waals surface area contributed by atoms with Crippen molar-refractivity contribution < 1.29 is 0 Å². The quantitative estimate of drug-likeness (QED) is 0.646. The van der Waals surface area contributed by atoms with Gasteiger partial charge in [-0.15, -0.1) is 0 Å². The van der Waals surface area contributed by atoms with Gasteiger partial charge < -0.3 is 10.6 Å². The number of rotatable bonds is 2. The molecule has 0 aromatic rings. The summed E-state index contributed by atoms with van der Waals surface area (Å²) in [5.41, 5.74) is 0.469. The molecule has 0 radical (unpaired) electrons. The average Bonchev–Trinajstić information content (AvgIpc) is 2.62. The predicted octanol–water partition coefficient (Wildman–Crippen LogP) is 1.13. The van der Waals surface area contributed by atoms with Crippen LogP contribution in [0.25, 0.3) is 0 Å². The Balaban J connectivity index is 1.83. The third-order valence-corrected chi connectivity index (χ3v) is 3.36. The maximum atomic E-state index is 3.63. The molecule has 2 rings (SSSR count). The van der Waals surface area contributed by atoms with Crippen LogP contribution in [0.15, 0.2) is 0 Å². The zero-order valence-corrected chi connectivity index (χ0v) is 8.03. The van der Waals surface area contributed by atoms with Crippen molar-refractivity contribution in [1.29, 1.82) is 0 Å². The van der Waals surface area contributed by atoms with Crippen molar-refractivity contribution in [2.24, 2.45) is 5.92 Å². The Morgan fingerprint density at radius 3 is 2.92 bits per heavy atom. The highest BCUT2D eigenvalue weighted by Crippen LogP contribution is 2.28. The summed E-state index contributed by atoms with van der Waals surface area (Å²) < 4.78 is 0. The Kier molecular flexibility index (Phi) is 2.37. The lowest BCUT2D eigenvalue weighted by Crippen LogP contribution is -2.38. The second kappa shape index (κ2) is 3.35. The van der Waals surface area contributed by atoms with Crippen molar-refractivity contribution in [3.05, 3.63) is 0 Å². The molecule has 0 bridgehead atoms. The zero-order chi connectivity index (χ0) is 8.44. The monoisotopic (exact) mass is 168 g/mol. The van der Waals surface area contributed by atoms with E-state index < -0.39 is 0 Å². The number of nitrogens with one attached hydrogen (secondary N) is 2. The maximum Gasteiger partial charge on any atom is 0.0156 e. The van der Waals surface area contributed by atoms with Crippen molar-refractivity contribution in [1.82, 2.24) is 10.6 Å². The van der Waals surface area contributed by atoms with Gasteiger partial charge in [0.05, 0.1) is 0 Å². The van der Waals surface area contributed by atoms with Gasteiger partial charge in [-0.1, -0.05) is 0 Å². The summed E-state index contributed by atoms with van der Waals surface area (Å²) >= 11 is 0. The fraction of sp³-hybridized carbons (Fsp3) is 1.00. The molecule has 70 valence electrons. The van der Waals surface area contributed by atoms with E-state index in [2.05, 4.69) is 17.6 Å².